The minimum atomic E-state index is -4.07. The Morgan fingerprint density at radius 2 is 1.74 bits per heavy atom. The van der Waals surface area contributed by atoms with E-state index in [-0.39, 0.29) is 24.8 Å². The Morgan fingerprint density at radius 1 is 0.974 bits per heavy atom. The van der Waals surface area contributed by atoms with Gasteiger partial charge in [-0.3, -0.25) is 9.36 Å². The van der Waals surface area contributed by atoms with Crippen molar-refractivity contribution in [1.29, 1.82) is 0 Å². The SMILES string of the molecule is O=C(Nc1ccc(-n2ccc3cc(NCCN4CCCC4)ccc3c2=O)c(Cl)c1)NS(=O)(=O)c1ccc(Cl)s1. The second-order valence-corrected chi connectivity index (χ2v) is 13.1. The van der Waals surface area contributed by atoms with E-state index in [0.29, 0.717) is 11.1 Å². The number of amides is 2. The highest BCUT2D eigenvalue weighted by atomic mass is 35.5. The molecular formula is C26H25Cl2N5O4S2. The minimum absolute atomic E-state index is 0.0864. The fraction of sp³-hybridized carbons (Fsp3) is 0.231. The minimum Gasteiger partial charge on any atom is -0.384 e. The number of hydrogen-bond donors (Lipinski definition) is 3. The average molecular weight is 607 g/mol. The second-order valence-electron chi connectivity index (χ2n) is 9.05. The highest BCUT2D eigenvalue weighted by molar-refractivity contribution is 7.92. The first-order valence-electron chi connectivity index (χ1n) is 12.2. The lowest BCUT2D eigenvalue weighted by atomic mass is 10.1. The van der Waals surface area contributed by atoms with Crippen molar-refractivity contribution < 1.29 is 13.2 Å². The van der Waals surface area contributed by atoms with E-state index in [1.807, 2.05) is 22.9 Å². The number of likely N-dealkylation sites (tertiary alicyclic amines) is 1. The number of urea groups is 1. The lowest BCUT2D eigenvalue weighted by Gasteiger charge is -2.16. The van der Waals surface area contributed by atoms with Crippen LogP contribution >= 0.6 is 34.5 Å². The zero-order chi connectivity index (χ0) is 27.6. The van der Waals surface area contributed by atoms with E-state index in [1.165, 1.54) is 41.7 Å². The van der Waals surface area contributed by atoms with Crippen LogP contribution in [0.1, 0.15) is 12.8 Å². The molecule has 0 atom stereocenters. The van der Waals surface area contributed by atoms with Crippen molar-refractivity contribution in [2.24, 2.45) is 0 Å². The summed E-state index contributed by atoms with van der Waals surface area (Å²) in [5, 5.41) is 7.41. The van der Waals surface area contributed by atoms with Crippen LogP contribution in [0.5, 0.6) is 0 Å². The molecule has 3 heterocycles. The lowest BCUT2D eigenvalue weighted by molar-refractivity contribution is 0.256. The third-order valence-corrected chi connectivity index (χ3v) is 9.72. The van der Waals surface area contributed by atoms with Crippen LogP contribution in [0.25, 0.3) is 16.5 Å². The first kappa shape index (κ1) is 27.5. The maximum Gasteiger partial charge on any atom is 0.333 e. The van der Waals surface area contributed by atoms with Gasteiger partial charge in [-0.2, -0.15) is 0 Å². The Balaban J connectivity index is 1.28. The topological polar surface area (TPSA) is 113 Å². The lowest BCUT2D eigenvalue weighted by Crippen LogP contribution is -2.33. The number of rotatable bonds is 8. The molecule has 4 aromatic rings. The van der Waals surface area contributed by atoms with E-state index in [2.05, 4.69) is 15.5 Å². The van der Waals surface area contributed by atoms with Crippen molar-refractivity contribution in [2.45, 2.75) is 17.1 Å². The number of nitrogens with zero attached hydrogens (tertiary/aromatic N) is 2. The number of anilines is 2. The van der Waals surface area contributed by atoms with Crippen molar-refractivity contribution in [1.82, 2.24) is 14.2 Å². The number of fused-ring (bicyclic) bond motifs is 1. The standard InChI is InChI=1S/C26H25Cl2N5O4S2/c27-21-16-19(30-26(35)31-39(36,37)24-8-7-23(28)38-24)4-6-22(21)33-13-9-17-15-18(3-5-20(17)25(33)34)29-10-14-32-11-1-2-12-32/h3-9,13,15-16,29H,1-2,10-12,14H2,(H2,30,31,35). The van der Waals surface area contributed by atoms with Gasteiger partial charge in [0.25, 0.3) is 15.6 Å². The zero-order valence-electron chi connectivity index (χ0n) is 20.6. The first-order chi connectivity index (χ1) is 18.7. The Bertz CT molecular complexity index is 1700. The summed E-state index contributed by atoms with van der Waals surface area (Å²) in [5.41, 5.74) is 1.38. The van der Waals surface area contributed by atoms with Gasteiger partial charge >= 0.3 is 6.03 Å². The molecule has 0 radical (unpaired) electrons. The molecule has 1 saturated heterocycles. The molecule has 39 heavy (non-hydrogen) atoms. The van der Waals surface area contributed by atoms with E-state index >= 15 is 0 Å². The second kappa shape index (κ2) is 11.6. The predicted molar refractivity (Wildman–Crippen MR) is 157 cm³/mol. The molecule has 0 saturated carbocycles. The summed E-state index contributed by atoms with van der Waals surface area (Å²) in [7, 11) is -4.07. The number of carbonyl (C=O) groups excluding carboxylic acids is 1. The van der Waals surface area contributed by atoms with Crippen LogP contribution in [0.15, 0.2) is 69.8 Å². The van der Waals surface area contributed by atoms with Crippen molar-refractivity contribution in [3.05, 3.63) is 80.5 Å². The maximum absolute atomic E-state index is 13.3. The molecule has 1 aliphatic rings. The number of aromatic nitrogens is 1. The molecule has 0 bridgehead atoms. The van der Waals surface area contributed by atoms with Crippen LogP contribution in [-0.2, 0) is 10.0 Å². The molecule has 9 nitrogen and oxygen atoms in total. The van der Waals surface area contributed by atoms with Gasteiger partial charge in [0.2, 0.25) is 0 Å². The third-order valence-electron chi connectivity index (χ3n) is 6.37. The summed E-state index contributed by atoms with van der Waals surface area (Å²) in [6.45, 7) is 4.13. The summed E-state index contributed by atoms with van der Waals surface area (Å²) in [6, 6.07) is 13.8. The number of sulfonamides is 1. The number of nitrogens with one attached hydrogen (secondary N) is 3. The maximum atomic E-state index is 13.3. The summed E-state index contributed by atoms with van der Waals surface area (Å²) in [5.74, 6) is 0. The fourth-order valence-electron chi connectivity index (χ4n) is 4.46. The van der Waals surface area contributed by atoms with Gasteiger partial charge < -0.3 is 15.5 Å². The monoisotopic (exact) mass is 605 g/mol. The number of hydrogen-bond acceptors (Lipinski definition) is 7. The van der Waals surface area contributed by atoms with Crippen molar-refractivity contribution in [3.8, 4) is 5.69 Å². The molecule has 13 heteroatoms. The average Bonchev–Trinajstić information content (AvgIpc) is 3.57. The molecule has 3 N–H and O–H groups in total. The van der Waals surface area contributed by atoms with Gasteiger partial charge in [0.1, 0.15) is 4.21 Å². The number of thiophene rings is 1. The molecule has 2 amide bonds. The molecule has 2 aromatic heterocycles. The fourth-order valence-corrected chi connectivity index (χ4v) is 7.12. The van der Waals surface area contributed by atoms with Gasteiger partial charge in [0.15, 0.2) is 0 Å². The molecule has 0 unspecified atom stereocenters. The van der Waals surface area contributed by atoms with E-state index in [9.17, 15) is 18.0 Å². The van der Waals surface area contributed by atoms with Crippen LogP contribution in [0, 0.1) is 0 Å². The van der Waals surface area contributed by atoms with Gasteiger partial charge in [0.05, 0.1) is 15.0 Å². The third kappa shape index (κ3) is 6.39. The van der Waals surface area contributed by atoms with Crippen LogP contribution in [-0.4, -0.2) is 50.1 Å². The summed E-state index contributed by atoms with van der Waals surface area (Å²) >= 11 is 13.1. The van der Waals surface area contributed by atoms with E-state index < -0.39 is 16.1 Å². The smallest absolute Gasteiger partial charge is 0.333 e. The van der Waals surface area contributed by atoms with Gasteiger partial charge in [-0.25, -0.2) is 17.9 Å². The summed E-state index contributed by atoms with van der Waals surface area (Å²) in [6.07, 6.45) is 4.17. The van der Waals surface area contributed by atoms with Crippen LogP contribution < -0.4 is 20.9 Å². The van der Waals surface area contributed by atoms with Crippen LogP contribution in [0.2, 0.25) is 9.36 Å². The summed E-state index contributed by atoms with van der Waals surface area (Å²) in [4.78, 5) is 28.0. The number of halogens is 2. The summed E-state index contributed by atoms with van der Waals surface area (Å²) < 4.78 is 28.2. The molecule has 0 aliphatic carbocycles. The van der Waals surface area contributed by atoms with Crippen LogP contribution in [0.4, 0.5) is 16.2 Å². The van der Waals surface area contributed by atoms with E-state index in [0.717, 1.165) is 48.6 Å². The predicted octanol–water partition coefficient (Wildman–Crippen LogP) is 5.38. The molecule has 1 aliphatic heterocycles. The largest absolute Gasteiger partial charge is 0.384 e. The molecule has 5 rings (SSSR count). The Labute approximate surface area is 239 Å². The van der Waals surface area contributed by atoms with Gasteiger partial charge in [-0.1, -0.05) is 23.2 Å². The molecular weight excluding hydrogens is 581 g/mol. The molecule has 1 fully saturated rings. The first-order valence-corrected chi connectivity index (χ1v) is 15.3. The quantitative estimate of drug-likeness (QED) is 0.249. The molecule has 0 spiro atoms. The van der Waals surface area contributed by atoms with Gasteiger partial charge in [-0.05, 0) is 85.9 Å². The van der Waals surface area contributed by atoms with Crippen molar-refractivity contribution in [2.75, 3.05) is 36.8 Å². The highest BCUT2D eigenvalue weighted by Crippen LogP contribution is 2.27. The van der Waals surface area contributed by atoms with E-state index in [4.69, 9.17) is 23.2 Å². The number of benzene rings is 2. The van der Waals surface area contributed by atoms with Crippen molar-refractivity contribution in [3.63, 3.8) is 0 Å². The molecule has 2 aromatic carbocycles. The molecule has 204 valence electrons. The number of pyridine rings is 1. The van der Waals surface area contributed by atoms with E-state index in [1.54, 1.807) is 18.3 Å². The Kier molecular flexibility index (Phi) is 8.15. The Hall–Kier alpha value is -3.09. The zero-order valence-corrected chi connectivity index (χ0v) is 23.8. The van der Waals surface area contributed by atoms with Crippen LogP contribution in [0.3, 0.4) is 0 Å². The number of carbonyl (C=O) groups is 1. The Morgan fingerprint density at radius 3 is 2.46 bits per heavy atom. The van der Waals surface area contributed by atoms with Gasteiger partial charge in [0, 0.05) is 36.0 Å². The highest BCUT2D eigenvalue weighted by Gasteiger charge is 2.20. The normalized spacial score (nSPS) is 14.0. The van der Waals surface area contributed by atoms with Crippen molar-refractivity contribution >= 4 is 72.7 Å². The van der Waals surface area contributed by atoms with Gasteiger partial charge in [-0.15, -0.1) is 11.3 Å².